The zero-order valence-electron chi connectivity index (χ0n) is 13.7. The predicted octanol–water partition coefficient (Wildman–Crippen LogP) is 3.22. The maximum Gasteiger partial charge on any atom is 0.230 e. The third-order valence-corrected chi connectivity index (χ3v) is 4.60. The zero-order valence-corrected chi connectivity index (χ0v) is 13.7. The largest absolute Gasteiger partial charge is 0.334 e. The van der Waals surface area contributed by atoms with Crippen LogP contribution in [-0.4, -0.2) is 23.9 Å². The average molecular weight is 308 g/mol. The van der Waals surface area contributed by atoms with Crippen molar-refractivity contribution < 1.29 is 4.79 Å². The molecule has 2 aromatic rings. The van der Waals surface area contributed by atoms with Gasteiger partial charge in [0, 0.05) is 19.6 Å². The van der Waals surface area contributed by atoms with E-state index >= 15 is 0 Å². The molecule has 3 nitrogen and oxygen atoms in total. The molecule has 0 saturated carbocycles. The van der Waals surface area contributed by atoms with Gasteiger partial charge in [0.25, 0.3) is 0 Å². The molecule has 23 heavy (non-hydrogen) atoms. The fraction of sp³-hybridized carbons (Fsp3) is 0.350. The Morgan fingerprint density at radius 1 is 1.00 bits per heavy atom. The Morgan fingerprint density at radius 2 is 1.52 bits per heavy atom. The van der Waals surface area contributed by atoms with Crippen molar-refractivity contribution in [1.29, 1.82) is 0 Å². The Morgan fingerprint density at radius 3 is 1.96 bits per heavy atom. The molecule has 0 radical (unpaired) electrons. The lowest BCUT2D eigenvalue weighted by Crippen LogP contribution is -2.42. The third-order valence-electron chi connectivity index (χ3n) is 4.60. The maximum atomic E-state index is 13.2. The molecule has 1 unspecified atom stereocenters. The number of rotatable bonds is 5. The van der Waals surface area contributed by atoms with Gasteiger partial charge in [-0.1, -0.05) is 60.7 Å². The van der Waals surface area contributed by atoms with Crippen LogP contribution in [0.1, 0.15) is 24.5 Å². The lowest BCUT2D eigenvalue weighted by molar-refractivity contribution is -0.141. The van der Waals surface area contributed by atoms with Gasteiger partial charge in [0.05, 0.1) is 5.41 Å². The second-order valence-electron chi connectivity index (χ2n) is 6.62. The summed E-state index contributed by atoms with van der Waals surface area (Å²) in [4.78, 5) is 15.2. The third kappa shape index (κ3) is 3.80. The number of carbonyl (C=O) groups is 1. The van der Waals surface area contributed by atoms with Crippen LogP contribution >= 0.6 is 0 Å². The summed E-state index contributed by atoms with van der Waals surface area (Å²) >= 11 is 0. The van der Waals surface area contributed by atoms with Gasteiger partial charge < -0.3 is 10.2 Å². The van der Waals surface area contributed by atoms with Gasteiger partial charge in [0.1, 0.15) is 0 Å². The van der Waals surface area contributed by atoms with Crippen molar-refractivity contribution in [2.24, 2.45) is 5.41 Å². The van der Waals surface area contributed by atoms with E-state index in [0.717, 1.165) is 19.5 Å². The minimum Gasteiger partial charge on any atom is -0.334 e. The smallest absolute Gasteiger partial charge is 0.230 e. The summed E-state index contributed by atoms with van der Waals surface area (Å²) in [5.74, 6) is 0.246. The normalized spacial score (nSPS) is 20.4. The van der Waals surface area contributed by atoms with Crippen LogP contribution in [0.4, 0.5) is 0 Å². The van der Waals surface area contributed by atoms with Crippen LogP contribution in [0.15, 0.2) is 60.7 Å². The highest BCUT2D eigenvalue weighted by Crippen LogP contribution is 2.28. The standard InChI is InChI=1S/C20H24N2O/c1-20(12-13-21-16-20)19(23)22(14-17-8-4-2-5-9-17)15-18-10-6-3-7-11-18/h2-11,21H,12-16H2,1H3. The lowest BCUT2D eigenvalue weighted by atomic mass is 9.87. The number of amides is 1. The lowest BCUT2D eigenvalue weighted by Gasteiger charge is -2.31. The monoisotopic (exact) mass is 308 g/mol. The summed E-state index contributed by atoms with van der Waals surface area (Å²) in [6.07, 6.45) is 0.909. The number of nitrogens with zero attached hydrogens (tertiary/aromatic N) is 1. The summed E-state index contributed by atoms with van der Waals surface area (Å²) in [5.41, 5.74) is 2.06. The first kappa shape index (κ1) is 15.8. The molecule has 1 fully saturated rings. The first-order valence-corrected chi connectivity index (χ1v) is 8.25. The van der Waals surface area contributed by atoms with Crippen molar-refractivity contribution >= 4 is 5.91 Å². The van der Waals surface area contributed by atoms with Crippen molar-refractivity contribution in [1.82, 2.24) is 10.2 Å². The van der Waals surface area contributed by atoms with Gasteiger partial charge in [-0.05, 0) is 31.0 Å². The molecular weight excluding hydrogens is 284 g/mol. The van der Waals surface area contributed by atoms with Crippen LogP contribution in [0.25, 0.3) is 0 Å². The summed E-state index contributed by atoms with van der Waals surface area (Å²) < 4.78 is 0. The van der Waals surface area contributed by atoms with Crippen LogP contribution in [0.3, 0.4) is 0 Å². The Balaban J connectivity index is 1.82. The van der Waals surface area contributed by atoms with Crippen LogP contribution in [0, 0.1) is 5.41 Å². The highest BCUT2D eigenvalue weighted by molar-refractivity contribution is 5.83. The topological polar surface area (TPSA) is 32.3 Å². The van der Waals surface area contributed by atoms with Gasteiger partial charge in [0.15, 0.2) is 0 Å². The molecule has 0 aliphatic carbocycles. The SMILES string of the molecule is CC1(C(=O)N(Cc2ccccc2)Cc2ccccc2)CCNC1. The molecule has 1 atom stereocenters. The van der Waals surface area contributed by atoms with Crippen LogP contribution in [0.5, 0.6) is 0 Å². The van der Waals surface area contributed by atoms with Crippen LogP contribution in [0.2, 0.25) is 0 Å². The van der Waals surface area contributed by atoms with Gasteiger partial charge in [-0.2, -0.15) is 0 Å². The number of benzene rings is 2. The molecule has 1 N–H and O–H groups in total. The van der Waals surface area contributed by atoms with Crippen molar-refractivity contribution in [2.45, 2.75) is 26.4 Å². The quantitative estimate of drug-likeness (QED) is 0.920. The molecule has 1 saturated heterocycles. The molecule has 1 aliphatic heterocycles. The van der Waals surface area contributed by atoms with E-state index in [-0.39, 0.29) is 11.3 Å². The summed E-state index contributed by atoms with van der Waals surface area (Å²) in [6.45, 7) is 5.09. The van der Waals surface area contributed by atoms with Gasteiger partial charge in [-0.15, -0.1) is 0 Å². The fourth-order valence-corrected chi connectivity index (χ4v) is 3.19. The highest BCUT2D eigenvalue weighted by Gasteiger charge is 2.39. The number of carbonyl (C=O) groups excluding carboxylic acids is 1. The second kappa shape index (κ2) is 6.97. The number of nitrogens with one attached hydrogen (secondary N) is 1. The molecule has 1 aliphatic rings. The van der Waals surface area contributed by atoms with E-state index < -0.39 is 0 Å². The maximum absolute atomic E-state index is 13.2. The van der Waals surface area contributed by atoms with E-state index in [0.29, 0.717) is 13.1 Å². The number of hydrogen-bond donors (Lipinski definition) is 1. The van der Waals surface area contributed by atoms with E-state index in [9.17, 15) is 4.79 Å². The Hall–Kier alpha value is -2.13. The van der Waals surface area contributed by atoms with Gasteiger partial charge in [0.2, 0.25) is 5.91 Å². The zero-order chi connectivity index (χ0) is 16.1. The van der Waals surface area contributed by atoms with Gasteiger partial charge >= 0.3 is 0 Å². The molecule has 1 amide bonds. The fourth-order valence-electron chi connectivity index (χ4n) is 3.19. The van der Waals surface area contributed by atoms with Crippen molar-refractivity contribution in [3.8, 4) is 0 Å². The van der Waals surface area contributed by atoms with Crippen LogP contribution in [-0.2, 0) is 17.9 Å². The second-order valence-corrected chi connectivity index (χ2v) is 6.62. The highest BCUT2D eigenvalue weighted by atomic mass is 16.2. The first-order valence-electron chi connectivity index (χ1n) is 8.25. The first-order chi connectivity index (χ1) is 11.2. The molecule has 0 spiro atoms. The molecule has 3 rings (SSSR count). The molecule has 3 heteroatoms. The molecular formula is C20H24N2O. The molecule has 1 heterocycles. The Labute approximate surface area is 138 Å². The minimum atomic E-state index is -0.288. The van der Waals surface area contributed by atoms with Crippen molar-refractivity contribution in [3.05, 3.63) is 71.8 Å². The molecule has 0 bridgehead atoms. The van der Waals surface area contributed by atoms with E-state index in [1.54, 1.807) is 0 Å². The molecule has 0 aromatic heterocycles. The Bertz CT molecular complexity index is 592. The van der Waals surface area contributed by atoms with Crippen molar-refractivity contribution in [2.75, 3.05) is 13.1 Å². The van der Waals surface area contributed by atoms with E-state index in [4.69, 9.17) is 0 Å². The van der Waals surface area contributed by atoms with Crippen LogP contribution < -0.4 is 5.32 Å². The van der Waals surface area contributed by atoms with E-state index in [1.165, 1.54) is 11.1 Å². The van der Waals surface area contributed by atoms with Gasteiger partial charge in [-0.25, -0.2) is 0 Å². The summed E-state index contributed by atoms with van der Waals surface area (Å²) in [6, 6.07) is 20.5. The number of hydrogen-bond acceptors (Lipinski definition) is 2. The van der Waals surface area contributed by atoms with Crippen molar-refractivity contribution in [3.63, 3.8) is 0 Å². The summed E-state index contributed by atoms with van der Waals surface area (Å²) in [5, 5.41) is 3.33. The van der Waals surface area contributed by atoms with E-state index in [1.807, 2.05) is 41.3 Å². The minimum absolute atomic E-state index is 0.246. The van der Waals surface area contributed by atoms with Gasteiger partial charge in [-0.3, -0.25) is 4.79 Å². The molecule has 2 aromatic carbocycles. The molecule has 120 valence electrons. The van der Waals surface area contributed by atoms with E-state index in [2.05, 4.69) is 36.5 Å². The average Bonchev–Trinajstić information content (AvgIpc) is 3.03. The Kier molecular flexibility index (Phi) is 4.77. The summed E-state index contributed by atoms with van der Waals surface area (Å²) in [7, 11) is 0. The predicted molar refractivity (Wildman–Crippen MR) is 92.7 cm³/mol.